The molecule has 0 aliphatic carbocycles. The van der Waals surface area contributed by atoms with Gasteiger partial charge in [-0.15, -0.1) is 0 Å². The molecular formula is C20H35N3O3S. The van der Waals surface area contributed by atoms with Crippen LogP contribution < -0.4 is 14.8 Å². The SMILES string of the molecule is CC(C)c1cccc(C(C)C)c1NC(=O)NS(=O)(=O)NC(C)(C)C(C)(C)C. The lowest BCUT2D eigenvalue weighted by atomic mass is 9.77. The third-order valence-corrected chi connectivity index (χ3v) is 6.34. The molecule has 0 atom stereocenters. The molecule has 1 rings (SSSR count). The summed E-state index contributed by atoms with van der Waals surface area (Å²) in [5.74, 6) is 0.377. The van der Waals surface area contributed by atoms with Crippen LogP contribution in [0.5, 0.6) is 0 Å². The molecule has 154 valence electrons. The molecule has 0 aliphatic rings. The number of amides is 2. The molecule has 0 fully saturated rings. The predicted molar refractivity (Wildman–Crippen MR) is 112 cm³/mol. The van der Waals surface area contributed by atoms with Crippen molar-refractivity contribution in [1.82, 2.24) is 9.44 Å². The van der Waals surface area contributed by atoms with Crippen LogP contribution in [0.2, 0.25) is 0 Å². The maximum absolute atomic E-state index is 12.5. The highest BCUT2D eigenvalue weighted by molar-refractivity contribution is 7.88. The molecular weight excluding hydrogens is 362 g/mol. The minimum Gasteiger partial charge on any atom is -0.307 e. The number of urea groups is 1. The summed E-state index contributed by atoms with van der Waals surface area (Å²) in [6.07, 6.45) is 0. The van der Waals surface area contributed by atoms with Gasteiger partial charge in [-0.2, -0.15) is 13.1 Å². The molecule has 0 heterocycles. The fourth-order valence-corrected chi connectivity index (χ4v) is 3.80. The molecule has 1 aromatic rings. The number of benzene rings is 1. The molecule has 3 N–H and O–H groups in total. The summed E-state index contributed by atoms with van der Waals surface area (Å²) < 4.78 is 29.5. The second-order valence-corrected chi connectivity index (χ2v) is 10.6. The lowest BCUT2D eigenvalue weighted by molar-refractivity contribution is 0.207. The first-order valence-corrected chi connectivity index (χ1v) is 10.8. The molecule has 7 heteroatoms. The standard InChI is InChI=1S/C20H35N3O3S/c1-13(2)15-11-10-12-16(14(3)4)17(15)21-18(24)22-27(25,26)23-20(8,9)19(5,6)7/h10-14,23H,1-9H3,(H2,21,22,24). The smallest absolute Gasteiger partial charge is 0.307 e. The van der Waals surface area contributed by atoms with Gasteiger partial charge < -0.3 is 5.32 Å². The Balaban J connectivity index is 3.07. The third-order valence-electron chi connectivity index (χ3n) is 5.10. The van der Waals surface area contributed by atoms with Crippen LogP contribution in [0.4, 0.5) is 10.5 Å². The van der Waals surface area contributed by atoms with Gasteiger partial charge in [0, 0.05) is 11.2 Å². The van der Waals surface area contributed by atoms with E-state index in [1.165, 1.54) is 0 Å². The quantitative estimate of drug-likeness (QED) is 0.649. The molecule has 0 saturated carbocycles. The Labute approximate surface area is 164 Å². The first-order valence-electron chi connectivity index (χ1n) is 9.33. The van der Waals surface area contributed by atoms with E-state index in [-0.39, 0.29) is 17.3 Å². The van der Waals surface area contributed by atoms with E-state index in [2.05, 4.69) is 14.8 Å². The summed E-state index contributed by atoms with van der Waals surface area (Å²) in [5, 5.41) is 2.75. The fourth-order valence-electron chi connectivity index (χ4n) is 2.47. The van der Waals surface area contributed by atoms with Crippen LogP contribution in [0.25, 0.3) is 0 Å². The minimum atomic E-state index is -4.02. The van der Waals surface area contributed by atoms with Crippen LogP contribution in [0.1, 0.15) is 85.3 Å². The van der Waals surface area contributed by atoms with Crippen molar-refractivity contribution in [2.75, 3.05) is 5.32 Å². The van der Waals surface area contributed by atoms with Crippen LogP contribution in [-0.4, -0.2) is 20.0 Å². The van der Waals surface area contributed by atoms with Crippen LogP contribution >= 0.6 is 0 Å². The summed E-state index contributed by atoms with van der Waals surface area (Å²) in [6.45, 7) is 17.5. The highest BCUT2D eigenvalue weighted by Crippen LogP contribution is 2.32. The second kappa shape index (κ2) is 8.19. The van der Waals surface area contributed by atoms with Crippen molar-refractivity contribution >= 4 is 21.9 Å². The zero-order chi connectivity index (χ0) is 21.2. The van der Waals surface area contributed by atoms with Gasteiger partial charge in [0.05, 0.1) is 0 Å². The monoisotopic (exact) mass is 397 g/mol. The van der Waals surface area contributed by atoms with E-state index in [9.17, 15) is 13.2 Å². The van der Waals surface area contributed by atoms with E-state index in [1.807, 2.05) is 66.7 Å². The van der Waals surface area contributed by atoms with Gasteiger partial charge in [-0.1, -0.05) is 66.7 Å². The Hall–Kier alpha value is -1.60. The number of nitrogens with one attached hydrogen (secondary N) is 3. The normalized spacial score (nSPS) is 13.1. The second-order valence-electron chi connectivity index (χ2n) is 9.16. The topological polar surface area (TPSA) is 87.3 Å². The van der Waals surface area contributed by atoms with Gasteiger partial charge in [0.1, 0.15) is 0 Å². The Kier molecular flexibility index (Phi) is 7.11. The molecule has 0 aliphatic heterocycles. The van der Waals surface area contributed by atoms with Crippen molar-refractivity contribution in [1.29, 1.82) is 0 Å². The van der Waals surface area contributed by atoms with E-state index in [1.54, 1.807) is 13.8 Å². The van der Waals surface area contributed by atoms with Gasteiger partial charge in [-0.25, -0.2) is 9.52 Å². The number of carbonyl (C=O) groups excluding carboxylic acids is 1. The maximum Gasteiger partial charge on any atom is 0.333 e. The van der Waals surface area contributed by atoms with Crippen molar-refractivity contribution < 1.29 is 13.2 Å². The minimum absolute atomic E-state index is 0.188. The Morgan fingerprint density at radius 1 is 0.926 bits per heavy atom. The first-order chi connectivity index (χ1) is 12.1. The molecule has 0 saturated heterocycles. The van der Waals surface area contributed by atoms with E-state index in [0.29, 0.717) is 5.69 Å². The molecule has 2 amide bonds. The highest BCUT2D eigenvalue weighted by atomic mass is 32.2. The Bertz CT molecular complexity index is 750. The van der Waals surface area contributed by atoms with Gasteiger partial charge in [0.15, 0.2) is 0 Å². The summed E-state index contributed by atoms with van der Waals surface area (Å²) in [6, 6.07) is 5.07. The lowest BCUT2D eigenvalue weighted by Crippen LogP contribution is -2.56. The maximum atomic E-state index is 12.5. The number of para-hydroxylation sites is 1. The van der Waals surface area contributed by atoms with Crippen LogP contribution in [-0.2, 0) is 10.2 Å². The lowest BCUT2D eigenvalue weighted by Gasteiger charge is -2.38. The summed E-state index contributed by atoms with van der Waals surface area (Å²) >= 11 is 0. The zero-order valence-electron chi connectivity index (χ0n) is 18.0. The molecule has 0 aromatic heterocycles. The summed E-state index contributed by atoms with van der Waals surface area (Å²) in [5.41, 5.74) is 1.55. The van der Waals surface area contributed by atoms with Crippen molar-refractivity contribution in [3.8, 4) is 0 Å². The average molecular weight is 398 g/mol. The molecule has 0 spiro atoms. The number of hydrogen-bond donors (Lipinski definition) is 3. The number of carbonyl (C=O) groups is 1. The van der Waals surface area contributed by atoms with Crippen molar-refractivity contribution in [3.63, 3.8) is 0 Å². The van der Waals surface area contributed by atoms with Crippen LogP contribution in [0.3, 0.4) is 0 Å². The molecule has 0 unspecified atom stereocenters. The van der Waals surface area contributed by atoms with Crippen molar-refractivity contribution in [2.24, 2.45) is 5.41 Å². The first kappa shape index (κ1) is 23.4. The van der Waals surface area contributed by atoms with Crippen LogP contribution in [0.15, 0.2) is 18.2 Å². The average Bonchev–Trinajstić information content (AvgIpc) is 2.43. The highest BCUT2D eigenvalue weighted by Gasteiger charge is 2.37. The van der Waals surface area contributed by atoms with E-state index < -0.39 is 21.8 Å². The predicted octanol–water partition coefficient (Wildman–Crippen LogP) is 4.71. The van der Waals surface area contributed by atoms with Crippen molar-refractivity contribution in [3.05, 3.63) is 29.3 Å². The molecule has 0 radical (unpaired) electrons. The largest absolute Gasteiger partial charge is 0.333 e. The summed E-state index contributed by atoms with van der Waals surface area (Å²) in [4.78, 5) is 12.5. The summed E-state index contributed by atoms with van der Waals surface area (Å²) in [7, 11) is -4.02. The van der Waals surface area contributed by atoms with E-state index >= 15 is 0 Å². The van der Waals surface area contributed by atoms with Crippen LogP contribution in [0, 0.1) is 5.41 Å². The van der Waals surface area contributed by atoms with Gasteiger partial charge in [0.2, 0.25) is 0 Å². The molecule has 0 bridgehead atoms. The van der Waals surface area contributed by atoms with Gasteiger partial charge in [-0.05, 0) is 42.2 Å². The van der Waals surface area contributed by atoms with Gasteiger partial charge in [0.25, 0.3) is 0 Å². The Morgan fingerprint density at radius 2 is 1.37 bits per heavy atom. The molecule has 1 aromatic carbocycles. The number of hydrogen-bond acceptors (Lipinski definition) is 3. The van der Waals surface area contributed by atoms with Gasteiger partial charge in [-0.3, -0.25) is 0 Å². The molecule has 27 heavy (non-hydrogen) atoms. The number of anilines is 1. The third kappa shape index (κ3) is 6.21. The van der Waals surface area contributed by atoms with Crippen molar-refractivity contribution in [2.45, 2.75) is 79.7 Å². The van der Waals surface area contributed by atoms with E-state index in [4.69, 9.17) is 0 Å². The fraction of sp³-hybridized carbons (Fsp3) is 0.650. The van der Waals surface area contributed by atoms with Gasteiger partial charge >= 0.3 is 16.2 Å². The zero-order valence-corrected chi connectivity index (χ0v) is 18.8. The Morgan fingerprint density at radius 3 is 1.74 bits per heavy atom. The van der Waals surface area contributed by atoms with E-state index in [0.717, 1.165) is 11.1 Å². The molecule has 6 nitrogen and oxygen atoms in total. The number of rotatable bonds is 6.